The van der Waals surface area contributed by atoms with Gasteiger partial charge in [0.15, 0.2) is 0 Å². The number of ether oxygens (including phenoxy) is 1. The first kappa shape index (κ1) is 15.8. The van der Waals surface area contributed by atoms with Gasteiger partial charge < -0.3 is 9.64 Å². The van der Waals surface area contributed by atoms with Crippen molar-refractivity contribution in [2.24, 2.45) is 5.92 Å². The second kappa shape index (κ2) is 6.44. The summed E-state index contributed by atoms with van der Waals surface area (Å²) in [6.45, 7) is 0.568. The van der Waals surface area contributed by atoms with E-state index in [0.29, 0.717) is 13.0 Å². The fourth-order valence-corrected chi connectivity index (χ4v) is 3.43. The van der Waals surface area contributed by atoms with Crippen LogP contribution in [-0.2, 0) is 26.0 Å². The number of carbonyl (C=O) groups excluding carboxylic acids is 1. The minimum atomic E-state index is -3.63. The summed E-state index contributed by atoms with van der Waals surface area (Å²) in [5, 5.41) is 0. The van der Waals surface area contributed by atoms with Gasteiger partial charge in [-0.25, -0.2) is 8.42 Å². The fraction of sp³-hybridized carbons (Fsp3) is 0.500. The third-order valence-electron chi connectivity index (χ3n) is 3.55. The lowest BCUT2D eigenvalue weighted by Crippen LogP contribution is -2.44. The molecule has 2 rings (SSSR count). The van der Waals surface area contributed by atoms with Gasteiger partial charge >= 0.3 is 0 Å². The number of sulfonamides is 1. The van der Waals surface area contributed by atoms with Crippen LogP contribution in [0.4, 0.5) is 5.69 Å². The summed E-state index contributed by atoms with van der Waals surface area (Å²) >= 11 is 0. The first-order valence-corrected chi connectivity index (χ1v) is 8.40. The molecule has 1 N–H and O–H groups in total. The summed E-state index contributed by atoms with van der Waals surface area (Å²) in [5.41, 5.74) is 2.14. The van der Waals surface area contributed by atoms with Gasteiger partial charge in [-0.05, 0) is 18.1 Å². The van der Waals surface area contributed by atoms with E-state index >= 15 is 0 Å². The topological polar surface area (TPSA) is 75.7 Å². The molecule has 1 aliphatic rings. The van der Waals surface area contributed by atoms with Gasteiger partial charge in [0.05, 0.1) is 18.3 Å². The molecule has 1 amide bonds. The number of methoxy groups -OCH3 is 1. The van der Waals surface area contributed by atoms with E-state index in [2.05, 4.69) is 4.72 Å². The highest BCUT2D eigenvalue weighted by atomic mass is 32.2. The first-order valence-electron chi connectivity index (χ1n) is 6.75. The van der Waals surface area contributed by atoms with E-state index in [-0.39, 0.29) is 18.3 Å². The van der Waals surface area contributed by atoms with Crippen molar-refractivity contribution in [1.29, 1.82) is 0 Å². The Balaban J connectivity index is 2.05. The molecule has 0 radical (unpaired) electrons. The zero-order valence-corrected chi connectivity index (χ0v) is 13.0. The molecule has 0 saturated heterocycles. The molecule has 0 aliphatic carbocycles. The number of nitrogens with zero attached hydrogens (tertiary/aromatic N) is 1. The monoisotopic (exact) mass is 312 g/mol. The molecular weight excluding hydrogens is 292 g/mol. The van der Waals surface area contributed by atoms with Gasteiger partial charge in [-0.2, -0.15) is 0 Å². The third kappa shape index (κ3) is 3.95. The van der Waals surface area contributed by atoms with Crippen molar-refractivity contribution in [3.05, 3.63) is 29.8 Å². The summed E-state index contributed by atoms with van der Waals surface area (Å²) in [7, 11) is -0.309. The van der Waals surface area contributed by atoms with Gasteiger partial charge in [0.25, 0.3) is 0 Å². The normalized spacial score (nSPS) is 18.2. The van der Waals surface area contributed by atoms with Crippen molar-refractivity contribution in [2.75, 3.05) is 38.0 Å². The first-order chi connectivity index (χ1) is 9.93. The van der Waals surface area contributed by atoms with E-state index in [0.717, 1.165) is 11.3 Å². The Labute approximate surface area is 125 Å². The van der Waals surface area contributed by atoms with E-state index < -0.39 is 15.9 Å². The summed E-state index contributed by atoms with van der Waals surface area (Å²) < 4.78 is 30.4. The zero-order chi connectivity index (χ0) is 15.5. The fourth-order valence-electron chi connectivity index (χ4n) is 2.47. The Morgan fingerprint density at radius 1 is 1.43 bits per heavy atom. The van der Waals surface area contributed by atoms with Gasteiger partial charge in [-0.1, -0.05) is 18.2 Å². The molecule has 0 fully saturated rings. The van der Waals surface area contributed by atoms with Crippen LogP contribution in [0.1, 0.15) is 5.56 Å². The molecule has 116 valence electrons. The van der Waals surface area contributed by atoms with Crippen LogP contribution in [0.2, 0.25) is 0 Å². The Morgan fingerprint density at radius 2 is 2.14 bits per heavy atom. The number of anilines is 1. The van der Waals surface area contributed by atoms with E-state index in [4.69, 9.17) is 4.74 Å². The number of nitrogens with one attached hydrogen (secondary N) is 1. The van der Waals surface area contributed by atoms with Crippen LogP contribution in [0.15, 0.2) is 24.3 Å². The van der Waals surface area contributed by atoms with Crippen LogP contribution in [-0.4, -0.2) is 47.4 Å². The predicted molar refractivity (Wildman–Crippen MR) is 80.7 cm³/mol. The van der Waals surface area contributed by atoms with Crippen LogP contribution in [0.3, 0.4) is 0 Å². The van der Waals surface area contributed by atoms with Crippen LogP contribution in [0.5, 0.6) is 0 Å². The van der Waals surface area contributed by atoms with Crippen molar-refractivity contribution < 1.29 is 17.9 Å². The van der Waals surface area contributed by atoms with Crippen molar-refractivity contribution in [1.82, 2.24) is 4.72 Å². The number of amides is 1. The molecule has 1 aliphatic heterocycles. The highest BCUT2D eigenvalue weighted by molar-refractivity contribution is 7.90. The average molecular weight is 312 g/mol. The maximum absolute atomic E-state index is 12.2. The Kier molecular flexibility index (Phi) is 4.84. The van der Waals surface area contributed by atoms with Crippen molar-refractivity contribution in [3.63, 3.8) is 0 Å². The molecule has 0 bridgehead atoms. The number of rotatable bonds is 5. The Hall–Kier alpha value is -1.60. The highest BCUT2D eigenvalue weighted by Crippen LogP contribution is 2.28. The average Bonchev–Trinajstić information content (AvgIpc) is 2.44. The molecule has 21 heavy (non-hydrogen) atoms. The van der Waals surface area contributed by atoms with Crippen molar-refractivity contribution >= 4 is 21.6 Å². The quantitative estimate of drug-likeness (QED) is 0.851. The molecule has 1 atom stereocenters. The maximum Gasteiger partial charge on any atom is 0.238 e. The van der Waals surface area contributed by atoms with Crippen LogP contribution >= 0.6 is 0 Å². The standard InChI is InChI=1S/C14H20N2O4S/c1-16-10-12(9-11-5-3-4-6-13(11)16)14(17)15-21(18,19)8-7-20-2/h3-6,12H,7-10H2,1-2H3,(H,15,17). The number of hydrogen-bond acceptors (Lipinski definition) is 5. The summed E-state index contributed by atoms with van der Waals surface area (Å²) in [4.78, 5) is 14.2. The zero-order valence-electron chi connectivity index (χ0n) is 12.2. The molecule has 0 spiro atoms. The number of benzene rings is 1. The molecule has 6 nitrogen and oxygen atoms in total. The third-order valence-corrected chi connectivity index (χ3v) is 4.76. The van der Waals surface area contributed by atoms with E-state index in [1.807, 2.05) is 36.2 Å². The predicted octanol–water partition coefficient (Wildman–Crippen LogP) is 0.388. The van der Waals surface area contributed by atoms with Gasteiger partial charge in [0.1, 0.15) is 0 Å². The molecule has 7 heteroatoms. The molecular formula is C14H20N2O4S. The summed E-state index contributed by atoms with van der Waals surface area (Å²) in [6.07, 6.45) is 0.548. The molecule has 1 unspecified atom stereocenters. The van der Waals surface area contributed by atoms with Crippen molar-refractivity contribution in [3.8, 4) is 0 Å². The highest BCUT2D eigenvalue weighted by Gasteiger charge is 2.29. The maximum atomic E-state index is 12.2. The number of para-hydroxylation sites is 1. The molecule has 1 aromatic carbocycles. The number of hydrogen-bond donors (Lipinski definition) is 1. The van der Waals surface area contributed by atoms with Crippen LogP contribution in [0.25, 0.3) is 0 Å². The van der Waals surface area contributed by atoms with Gasteiger partial charge in [-0.15, -0.1) is 0 Å². The summed E-state index contributed by atoms with van der Waals surface area (Å²) in [5.74, 6) is -1.04. The second-order valence-corrected chi connectivity index (χ2v) is 7.03. The minimum absolute atomic E-state index is 0.0655. The molecule has 0 saturated carbocycles. The number of carbonyl (C=O) groups is 1. The molecule has 1 heterocycles. The van der Waals surface area contributed by atoms with Crippen molar-refractivity contribution in [2.45, 2.75) is 6.42 Å². The Morgan fingerprint density at radius 3 is 2.86 bits per heavy atom. The number of fused-ring (bicyclic) bond motifs is 1. The lowest BCUT2D eigenvalue weighted by atomic mass is 9.92. The van der Waals surface area contributed by atoms with Crippen LogP contribution < -0.4 is 9.62 Å². The van der Waals surface area contributed by atoms with E-state index in [9.17, 15) is 13.2 Å². The lowest BCUT2D eigenvalue weighted by Gasteiger charge is -2.32. The molecule has 1 aromatic rings. The SMILES string of the molecule is COCCS(=O)(=O)NC(=O)C1Cc2ccccc2N(C)C1. The van der Waals surface area contributed by atoms with Gasteiger partial charge in [-0.3, -0.25) is 9.52 Å². The largest absolute Gasteiger partial charge is 0.384 e. The Bertz CT molecular complexity index is 615. The van der Waals surface area contributed by atoms with E-state index in [1.54, 1.807) is 0 Å². The smallest absolute Gasteiger partial charge is 0.238 e. The van der Waals surface area contributed by atoms with E-state index in [1.165, 1.54) is 7.11 Å². The minimum Gasteiger partial charge on any atom is -0.384 e. The lowest BCUT2D eigenvalue weighted by molar-refractivity contribution is -0.123. The van der Waals surface area contributed by atoms with Gasteiger partial charge in [0.2, 0.25) is 15.9 Å². The van der Waals surface area contributed by atoms with Gasteiger partial charge in [0, 0.05) is 26.4 Å². The molecule has 0 aromatic heterocycles. The van der Waals surface area contributed by atoms with Crippen LogP contribution in [0, 0.1) is 5.92 Å². The summed E-state index contributed by atoms with van der Waals surface area (Å²) in [6, 6.07) is 7.83. The second-order valence-electron chi connectivity index (χ2n) is 5.19.